The second kappa shape index (κ2) is 8.31. The summed E-state index contributed by atoms with van der Waals surface area (Å²) in [6, 6.07) is 10.7. The Morgan fingerprint density at radius 2 is 2.11 bits per heavy atom. The van der Waals surface area contributed by atoms with Crippen LogP contribution in [0.5, 0.6) is 0 Å². The fourth-order valence-electron chi connectivity index (χ4n) is 2.57. The molecule has 1 atom stereocenters. The topological polar surface area (TPSA) is 24.5 Å². The van der Waals surface area contributed by atoms with Crippen molar-refractivity contribution in [1.29, 1.82) is 0 Å². The van der Waals surface area contributed by atoms with Gasteiger partial charge in [-0.3, -0.25) is 4.90 Å². The van der Waals surface area contributed by atoms with E-state index in [4.69, 9.17) is 4.74 Å². The van der Waals surface area contributed by atoms with Crippen LogP contribution in [-0.4, -0.2) is 44.3 Å². The van der Waals surface area contributed by atoms with Gasteiger partial charge in [-0.2, -0.15) is 0 Å². The number of ether oxygens (including phenoxy) is 1. The van der Waals surface area contributed by atoms with Crippen LogP contribution < -0.4 is 5.32 Å². The number of rotatable bonds is 8. The summed E-state index contributed by atoms with van der Waals surface area (Å²) >= 11 is 0. The minimum Gasteiger partial charge on any atom is -0.377 e. The van der Waals surface area contributed by atoms with E-state index in [-0.39, 0.29) is 0 Å². The second-order valence-corrected chi connectivity index (χ2v) is 5.31. The van der Waals surface area contributed by atoms with Crippen molar-refractivity contribution >= 4 is 0 Å². The molecule has 3 heteroatoms. The summed E-state index contributed by atoms with van der Waals surface area (Å²) in [5.41, 5.74) is 1.40. The molecule has 0 aromatic heterocycles. The monoisotopic (exact) mass is 262 g/mol. The summed E-state index contributed by atoms with van der Waals surface area (Å²) in [5, 5.41) is 3.17. The minimum atomic E-state index is 0.443. The predicted octanol–water partition coefficient (Wildman–Crippen LogP) is 2.28. The number of nitrogens with one attached hydrogen (secondary N) is 1. The van der Waals surface area contributed by atoms with Gasteiger partial charge in [0.25, 0.3) is 0 Å². The van der Waals surface area contributed by atoms with Crippen molar-refractivity contribution in [3.8, 4) is 0 Å². The Labute approximate surface area is 116 Å². The SMILES string of the molecule is CNCCCCOC1CCN(Cc2ccccc2)C1. The number of hydrogen-bond acceptors (Lipinski definition) is 3. The zero-order valence-electron chi connectivity index (χ0n) is 12.0. The van der Waals surface area contributed by atoms with E-state index in [9.17, 15) is 0 Å². The maximum Gasteiger partial charge on any atom is 0.0714 e. The van der Waals surface area contributed by atoms with Crippen LogP contribution in [-0.2, 0) is 11.3 Å². The third-order valence-electron chi connectivity index (χ3n) is 3.65. The lowest BCUT2D eigenvalue weighted by molar-refractivity contribution is 0.0562. The number of benzene rings is 1. The average Bonchev–Trinajstić information content (AvgIpc) is 2.87. The van der Waals surface area contributed by atoms with Gasteiger partial charge in [0.15, 0.2) is 0 Å². The Morgan fingerprint density at radius 3 is 2.89 bits per heavy atom. The average molecular weight is 262 g/mol. The molecule has 1 saturated heterocycles. The van der Waals surface area contributed by atoms with Crippen LogP contribution in [0.1, 0.15) is 24.8 Å². The molecule has 1 fully saturated rings. The number of likely N-dealkylation sites (tertiary alicyclic amines) is 1. The van der Waals surface area contributed by atoms with Crippen LogP contribution in [0.3, 0.4) is 0 Å². The summed E-state index contributed by atoms with van der Waals surface area (Å²) < 4.78 is 5.95. The van der Waals surface area contributed by atoms with Gasteiger partial charge in [-0.1, -0.05) is 30.3 Å². The molecule has 0 amide bonds. The quantitative estimate of drug-likeness (QED) is 0.727. The predicted molar refractivity (Wildman–Crippen MR) is 79.2 cm³/mol. The molecule has 0 radical (unpaired) electrons. The maximum absolute atomic E-state index is 5.95. The van der Waals surface area contributed by atoms with Gasteiger partial charge in [-0.25, -0.2) is 0 Å². The Bertz CT molecular complexity index is 342. The van der Waals surface area contributed by atoms with Crippen molar-refractivity contribution in [1.82, 2.24) is 10.2 Å². The molecule has 3 nitrogen and oxygen atoms in total. The highest BCUT2D eigenvalue weighted by atomic mass is 16.5. The molecule has 1 aliphatic heterocycles. The molecular formula is C16H26N2O. The Morgan fingerprint density at radius 1 is 1.26 bits per heavy atom. The number of hydrogen-bond donors (Lipinski definition) is 1. The van der Waals surface area contributed by atoms with Gasteiger partial charge in [0.2, 0.25) is 0 Å². The van der Waals surface area contributed by atoms with Gasteiger partial charge in [0, 0.05) is 26.2 Å². The Hall–Kier alpha value is -0.900. The number of unbranched alkanes of at least 4 members (excludes halogenated alkanes) is 1. The van der Waals surface area contributed by atoms with E-state index in [0.717, 1.165) is 39.2 Å². The van der Waals surface area contributed by atoms with Crippen LogP contribution >= 0.6 is 0 Å². The molecule has 0 saturated carbocycles. The normalized spacial score (nSPS) is 19.9. The van der Waals surface area contributed by atoms with Gasteiger partial charge in [0.05, 0.1) is 6.10 Å². The van der Waals surface area contributed by atoms with Crippen molar-refractivity contribution in [3.05, 3.63) is 35.9 Å². The summed E-state index contributed by atoms with van der Waals surface area (Å²) in [6.07, 6.45) is 3.99. The van der Waals surface area contributed by atoms with Crippen LogP contribution in [0.2, 0.25) is 0 Å². The number of nitrogens with zero attached hydrogens (tertiary/aromatic N) is 1. The molecule has 1 aliphatic rings. The molecule has 0 spiro atoms. The van der Waals surface area contributed by atoms with Gasteiger partial charge in [-0.15, -0.1) is 0 Å². The zero-order valence-corrected chi connectivity index (χ0v) is 12.0. The van der Waals surface area contributed by atoms with Gasteiger partial charge in [0.1, 0.15) is 0 Å². The zero-order chi connectivity index (χ0) is 13.3. The van der Waals surface area contributed by atoms with E-state index in [0.29, 0.717) is 6.10 Å². The second-order valence-electron chi connectivity index (χ2n) is 5.31. The molecule has 1 aromatic carbocycles. The molecule has 0 bridgehead atoms. The molecule has 106 valence electrons. The molecule has 1 unspecified atom stereocenters. The molecule has 2 rings (SSSR count). The Balaban J connectivity index is 1.60. The van der Waals surface area contributed by atoms with Crippen molar-refractivity contribution < 1.29 is 4.74 Å². The van der Waals surface area contributed by atoms with Gasteiger partial charge < -0.3 is 10.1 Å². The lowest BCUT2D eigenvalue weighted by Crippen LogP contribution is -2.23. The molecular weight excluding hydrogens is 236 g/mol. The minimum absolute atomic E-state index is 0.443. The summed E-state index contributed by atoms with van der Waals surface area (Å²) in [6.45, 7) is 5.30. The van der Waals surface area contributed by atoms with E-state index in [2.05, 4.69) is 40.5 Å². The first-order valence-electron chi connectivity index (χ1n) is 7.41. The van der Waals surface area contributed by atoms with E-state index >= 15 is 0 Å². The van der Waals surface area contributed by atoms with Crippen molar-refractivity contribution in [2.75, 3.05) is 33.3 Å². The highest BCUT2D eigenvalue weighted by molar-refractivity contribution is 5.14. The van der Waals surface area contributed by atoms with Crippen molar-refractivity contribution in [2.45, 2.75) is 31.9 Å². The van der Waals surface area contributed by atoms with Crippen molar-refractivity contribution in [2.24, 2.45) is 0 Å². The van der Waals surface area contributed by atoms with Crippen LogP contribution in [0, 0.1) is 0 Å². The van der Waals surface area contributed by atoms with E-state index in [1.807, 2.05) is 7.05 Å². The van der Waals surface area contributed by atoms with Gasteiger partial charge in [-0.05, 0) is 38.4 Å². The molecule has 1 heterocycles. The lowest BCUT2D eigenvalue weighted by Gasteiger charge is -2.16. The molecule has 19 heavy (non-hydrogen) atoms. The molecule has 0 aliphatic carbocycles. The highest BCUT2D eigenvalue weighted by Crippen LogP contribution is 2.16. The molecule has 1 N–H and O–H groups in total. The standard InChI is InChI=1S/C16H26N2O/c1-17-10-5-6-12-19-16-9-11-18(14-16)13-15-7-3-2-4-8-15/h2-4,7-8,16-17H,5-6,9-14H2,1H3. The van der Waals surface area contributed by atoms with Gasteiger partial charge >= 0.3 is 0 Å². The first-order chi connectivity index (χ1) is 9.38. The van der Waals surface area contributed by atoms with E-state index in [1.165, 1.54) is 18.4 Å². The first-order valence-corrected chi connectivity index (χ1v) is 7.41. The highest BCUT2D eigenvalue weighted by Gasteiger charge is 2.22. The summed E-state index contributed by atoms with van der Waals surface area (Å²) in [7, 11) is 2.00. The fraction of sp³-hybridized carbons (Fsp3) is 0.625. The largest absolute Gasteiger partial charge is 0.377 e. The third-order valence-corrected chi connectivity index (χ3v) is 3.65. The first kappa shape index (κ1) is 14.5. The van der Waals surface area contributed by atoms with E-state index < -0.39 is 0 Å². The fourth-order valence-corrected chi connectivity index (χ4v) is 2.57. The Kier molecular flexibility index (Phi) is 6.34. The van der Waals surface area contributed by atoms with E-state index in [1.54, 1.807) is 0 Å². The third kappa shape index (κ3) is 5.31. The van der Waals surface area contributed by atoms with Crippen LogP contribution in [0.4, 0.5) is 0 Å². The molecule has 1 aromatic rings. The van der Waals surface area contributed by atoms with Crippen LogP contribution in [0.15, 0.2) is 30.3 Å². The van der Waals surface area contributed by atoms with Crippen molar-refractivity contribution in [3.63, 3.8) is 0 Å². The maximum atomic E-state index is 5.95. The summed E-state index contributed by atoms with van der Waals surface area (Å²) in [4.78, 5) is 2.49. The lowest BCUT2D eigenvalue weighted by atomic mass is 10.2. The van der Waals surface area contributed by atoms with Crippen LogP contribution in [0.25, 0.3) is 0 Å². The smallest absolute Gasteiger partial charge is 0.0714 e. The summed E-state index contributed by atoms with van der Waals surface area (Å²) in [5.74, 6) is 0.